The fraction of sp³-hybridized carbons (Fsp3) is 0.200. The molecule has 0 saturated heterocycles. The standard InChI is InChI=1S/C10H14N2O/c1-2-9(12)8-5-7(6-11)3-4-10(8)13/h2-5,9,13H,1,6,11-12H2. The largest absolute Gasteiger partial charge is 0.508 e. The number of phenolic OH excluding ortho intramolecular Hbond substituents is 1. The molecule has 5 N–H and O–H groups in total. The molecular weight excluding hydrogens is 164 g/mol. The molecular formula is C10H14N2O. The molecule has 3 nitrogen and oxygen atoms in total. The first-order valence-corrected chi connectivity index (χ1v) is 4.09. The van der Waals surface area contributed by atoms with Crippen LogP contribution in [0.25, 0.3) is 0 Å². The maximum Gasteiger partial charge on any atom is 0.120 e. The average molecular weight is 178 g/mol. The molecule has 0 amide bonds. The van der Waals surface area contributed by atoms with Gasteiger partial charge in [0.15, 0.2) is 0 Å². The minimum absolute atomic E-state index is 0.185. The van der Waals surface area contributed by atoms with Gasteiger partial charge in [-0.3, -0.25) is 0 Å². The van der Waals surface area contributed by atoms with Crippen LogP contribution >= 0.6 is 0 Å². The predicted octanol–water partition coefficient (Wildman–Crippen LogP) is 1.04. The van der Waals surface area contributed by atoms with Crippen LogP contribution in [0.4, 0.5) is 0 Å². The maximum absolute atomic E-state index is 9.46. The van der Waals surface area contributed by atoms with E-state index in [0.29, 0.717) is 12.1 Å². The summed E-state index contributed by atoms with van der Waals surface area (Å²) < 4.78 is 0. The summed E-state index contributed by atoms with van der Waals surface area (Å²) in [6, 6.07) is 4.82. The first-order valence-electron chi connectivity index (χ1n) is 4.09. The van der Waals surface area contributed by atoms with Crippen molar-refractivity contribution in [3.63, 3.8) is 0 Å². The molecule has 0 fully saturated rings. The lowest BCUT2D eigenvalue weighted by Crippen LogP contribution is -2.08. The molecule has 0 aliphatic heterocycles. The molecule has 0 bridgehead atoms. The Morgan fingerprint density at radius 1 is 1.54 bits per heavy atom. The molecule has 0 aliphatic rings. The van der Waals surface area contributed by atoms with Crippen molar-refractivity contribution < 1.29 is 5.11 Å². The zero-order chi connectivity index (χ0) is 9.84. The smallest absolute Gasteiger partial charge is 0.120 e. The van der Waals surface area contributed by atoms with Gasteiger partial charge in [-0.2, -0.15) is 0 Å². The Morgan fingerprint density at radius 2 is 2.23 bits per heavy atom. The Morgan fingerprint density at radius 3 is 2.77 bits per heavy atom. The Kier molecular flexibility index (Phi) is 3.06. The molecule has 1 unspecified atom stereocenters. The minimum Gasteiger partial charge on any atom is -0.508 e. The summed E-state index contributed by atoms with van der Waals surface area (Å²) in [4.78, 5) is 0. The number of benzene rings is 1. The Labute approximate surface area is 77.7 Å². The zero-order valence-electron chi connectivity index (χ0n) is 7.40. The van der Waals surface area contributed by atoms with Crippen LogP contribution in [-0.4, -0.2) is 5.11 Å². The number of aromatic hydroxyl groups is 1. The molecule has 0 heterocycles. The van der Waals surface area contributed by atoms with Crippen molar-refractivity contribution in [1.82, 2.24) is 0 Å². The normalized spacial score (nSPS) is 12.5. The van der Waals surface area contributed by atoms with E-state index in [1.54, 1.807) is 24.3 Å². The molecule has 1 rings (SSSR count). The van der Waals surface area contributed by atoms with E-state index in [1.807, 2.05) is 0 Å². The molecule has 0 aliphatic carbocycles. The summed E-state index contributed by atoms with van der Waals surface area (Å²) >= 11 is 0. The van der Waals surface area contributed by atoms with Crippen molar-refractivity contribution in [3.05, 3.63) is 42.0 Å². The van der Waals surface area contributed by atoms with Gasteiger partial charge in [0.05, 0.1) is 6.04 Å². The van der Waals surface area contributed by atoms with E-state index in [4.69, 9.17) is 11.5 Å². The third-order valence-electron chi connectivity index (χ3n) is 1.94. The molecule has 0 spiro atoms. The van der Waals surface area contributed by atoms with Gasteiger partial charge >= 0.3 is 0 Å². The second-order valence-corrected chi connectivity index (χ2v) is 2.86. The molecule has 13 heavy (non-hydrogen) atoms. The molecule has 0 aromatic heterocycles. The van der Waals surface area contributed by atoms with Gasteiger partial charge in [-0.25, -0.2) is 0 Å². The molecule has 1 aromatic carbocycles. The Hall–Kier alpha value is -1.32. The van der Waals surface area contributed by atoms with Crippen molar-refractivity contribution in [2.24, 2.45) is 11.5 Å². The predicted molar refractivity (Wildman–Crippen MR) is 53.1 cm³/mol. The van der Waals surface area contributed by atoms with Crippen molar-refractivity contribution in [2.75, 3.05) is 0 Å². The Balaban J connectivity index is 3.10. The summed E-state index contributed by atoms with van der Waals surface area (Å²) in [5, 5.41) is 9.46. The second kappa shape index (κ2) is 4.07. The van der Waals surface area contributed by atoms with E-state index in [-0.39, 0.29) is 11.8 Å². The van der Waals surface area contributed by atoms with Gasteiger partial charge in [0, 0.05) is 12.1 Å². The van der Waals surface area contributed by atoms with Crippen molar-refractivity contribution >= 4 is 0 Å². The van der Waals surface area contributed by atoms with Gasteiger partial charge in [-0.15, -0.1) is 6.58 Å². The van der Waals surface area contributed by atoms with Gasteiger partial charge < -0.3 is 16.6 Å². The van der Waals surface area contributed by atoms with Crippen LogP contribution in [0, 0.1) is 0 Å². The van der Waals surface area contributed by atoms with Gasteiger partial charge in [-0.05, 0) is 17.7 Å². The molecule has 0 saturated carbocycles. The Bertz CT molecular complexity index is 310. The molecule has 0 radical (unpaired) electrons. The first-order chi connectivity index (χ1) is 6.19. The first kappa shape index (κ1) is 9.77. The van der Waals surface area contributed by atoms with E-state index in [9.17, 15) is 5.11 Å². The summed E-state index contributed by atoms with van der Waals surface area (Å²) in [6.45, 7) is 4.01. The third kappa shape index (κ3) is 2.08. The van der Waals surface area contributed by atoms with Crippen molar-refractivity contribution in [2.45, 2.75) is 12.6 Å². The topological polar surface area (TPSA) is 72.3 Å². The average Bonchev–Trinajstić information content (AvgIpc) is 2.17. The zero-order valence-corrected chi connectivity index (χ0v) is 7.40. The number of rotatable bonds is 3. The summed E-state index contributed by atoms with van der Waals surface area (Å²) in [6.07, 6.45) is 1.58. The number of phenols is 1. The SMILES string of the molecule is C=CC(N)c1cc(CN)ccc1O. The monoisotopic (exact) mass is 178 g/mol. The molecule has 70 valence electrons. The van der Waals surface area contributed by atoms with Crippen LogP contribution < -0.4 is 11.5 Å². The fourth-order valence-corrected chi connectivity index (χ4v) is 1.12. The highest BCUT2D eigenvalue weighted by atomic mass is 16.3. The summed E-state index contributed by atoms with van der Waals surface area (Å²) in [5.74, 6) is 0.185. The second-order valence-electron chi connectivity index (χ2n) is 2.86. The summed E-state index contributed by atoms with van der Waals surface area (Å²) in [5.41, 5.74) is 12.8. The number of hydrogen-bond acceptors (Lipinski definition) is 3. The lowest BCUT2D eigenvalue weighted by molar-refractivity contribution is 0.465. The van der Waals surface area contributed by atoms with E-state index < -0.39 is 0 Å². The highest BCUT2D eigenvalue weighted by Crippen LogP contribution is 2.24. The van der Waals surface area contributed by atoms with Crippen LogP contribution in [0.15, 0.2) is 30.9 Å². The highest BCUT2D eigenvalue weighted by molar-refractivity contribution is 5.39. The van der Waals surface area contributed by atoms with E-state index >= 15 is 0 Å². The number of nitrogens with two attached hydrogens (primary N) is 2. The van der Waals surface area contributed by atoms with E-state index in [1.165, 1.54) is 0 Å². The molecule has 3 heteroatoms. The third-order valence-corrected chi connectivity index (χ3v) is 1.94. The van der Waals surface area contributed by atoms with Crippen molar-refractivity contribution in [1.29, 1.82) is 0 Å². The quantitative estimate of drug-likeness (QED) is 0.605. The van der Waals surface area contributed by atoms with Crippen LogP contribution in [0.2, 0.25) is 0 Å². The van der Waals surface area contributed by atoms with E-state index in [0.717, 1.165) is 5.56 Å². The van der Waals surface area contributed by atoms with E-state index in [2.05, 4.69) is 6.58 Å². The lowest BCUT2D eigenvalue weighted by Gasteiger charge is -2.10. The van der Waals surface area contributed by atoms with Crippen LogP contribution in [0.5, 0.6) is 5.75 Å². The van der Waals surface area contributed by atoms with Crippen molar-refractivity contribution in [3.8, 4) is 5.75 Å². The maximum atomic E-state index is 9.46. The summed E-state index contributed by atoms with van der Waals surface area (Å²) in [7, 11) is 0. The number of hydrogen-bond donors (Lipinski definition) is 3. The van der Waals surface area contributed by atoms with Gasteiger partial charge in [0.25, 0.3) is 0 Å². The fourth-order valence-electron chi connectivity index (χ4n) is 1.12. The highest BCUT2D eigenvalue weighted by Gasteiger charge is 2.07. The minimum atomic E-state index is -0.341. The van der Waals surface area contributed by atoms with Gasteiger partial charge in [0.1, 0.15) is 5.75 Å². The van der Waals surface area contributed by atoms with Gasteiger partial charge in [-0.1, -0.05) is 12.1 Å². The van der Waals surface area contributed by atoms with Crippen LogP contribution in [0.3, 0.4) is 0 Å². The lowest BCUT2D eigenvalue weighted by atomic mass is 10.0. The van der Waals surface area contributed by atoms with Crippen LogP contribution in [-0.2, 0) is 6.54 Å². The molecule has 1 atom stereocenters. The molecule has 1 aromatic rings. The van der Waals surface area contributed by atoms with Crippen LogP contribution in [0.1, 0.15) is 17.2 Å². The van der Waals surface area contributed by atoms with Gasteiger partial charge in [0.2, 0.25) is 0 Å².